The molecular weight excluding hydrogens is 360 g/mol. The summed E-state index contributed by atoms with van der Waals surface area (Å²) in [6, 6.07) is 8.67. The molecule has 0 spiro atoms. The van der Waals surface area contributed by atoms with Crippen molar-refractivity contribution in [3.63, 3.8) is 0 Å². The van der Waals surface area contributed by atoms with E-state index in [-0.39, 0.29) is 5.91 Å². The maximum Gasteiger partial charge on any atom is 0.256 e. The summed E-state index contributed by atoms with van der Waals surface area (Å²) in [5, 5.41) is 0. The summed E-state index contributed by atoms with van der Waals surface area (Å²) in [5.74, 6) is 1.41. The van der Waals surface area contributed by atoms with Crippen molar-refractivity contribution in [2.24, 2.45) is 5.92 Å². The number of aryl methyl sites for hydroxylation is 2. The predicted molar refractivity (Wildman–Crippen MR) is 117 cm³/mol. The summed E-state index contributed by atoms with van der Waals surface area (Å²) in [6.45, 7) is 11.2. The Morgan fingerprint density at radius 1 is 1.14 bits per heavy atom. The lowest BCUT2D eigenvalue weighted by atomic mass is 9.95. The van der Waals surface area contributed by atoms with Gasteiger partial charge in [-0.1, -0.05) is 31.2 Å². The molecule has 1 aliphatic heterocycles. The van der Waals surface area contributed by atoms with Gasteiger partial charge < -0.3 is 9.80 Å². The van der Waals surface area contributed by atoms with Crippen LogP contribution in [0.2, 0.25) is 0 Å². The fraction of sp³-hybridized carbons (Fsp3) is 0.542. The van der Waals surface area contributed by atoms with Gasteiger partial charge in [-0.3, -0.25) is 4.79 Å². The predicted octanol–water partition coefficient (Wildman–Crippen LogP) is 3.76. The van der Waals surface area contributed by atoms with Crippen molar-refractivity contribution in [2.75, 3.05) is 32.7 Å². The standard InChI is InChI=1S/C24H34N4O/c1-4-23-25-16-22(17-26-23)24(29)28(5-2)18-20-10-13-27(14-11-20)15-12-21-9-7-6-8-19(21)3/h6-9,16-17,20H,4-5,10-15,18H2,1-3H3. The number of amides is 1. The van der Waals surface area contributed by atoms with Crippen LogP contribution in [0.25, 0.3) is 0 Å². The number of hydrogen-bond acceptors (Lipinski definition) is 4. The minimum absolute atomic E-state index is 0.0529. The molecule has 0 aliphatic carbocycles. The Morgan fingerprint density at radius 3 is 2.45 bits per heavy atom. The highest BCUT2D eigenvalue weighted by Crippen LogP contribution is 2.20. The smallest absolute Gasteiger partial charge is 0.256 e. The third-order valence-corrected chi connectivity index (χ3v) is 6.08. The molecular formula is C24H34N4O. The van der Waals surface area contributed by atoms with Crippen LogP contribution in [0.1, 0.15) is 54.0 Å². The largest absolute Gasteiger partial charge is 0.339 e. The van der Waals surface area contributed by atoms with Crippen molar-refractivity contribution in [1.82, 2.24) is 19.8 Å². The van der Waals surface area contributed by atoms with Gasteiger partial charge >= 0.3 is 0 Å². The van der Waals surface area contributed by atoms with Crippen molar-refractivity contribution in [3.05, 3.63) is 59.2 Å². The number of aromatic nitrogens is 2. The van der Waals surface area contributed by atoms with Crippen molar-refractivity contribution in [3.8, 4) is 0 Å². The van der Waals surface area contributed by atoms with E-state index in [1.807, 2.05) is 11.8 Å². The van der Waals surface area contributed by atoms with E-state index in [2.05, 4.69) is 53.0 Å². The van der Waals surface area contributed by atoms with Crippen LogP contribution in [-0.4, -0.2) is 58.4 Å². The van der Waals surface area contributed by atoms with Gasteiger partial charge in [0, 0.05) is 38.4 Å². The molecule has 5 nitrogen and oxygen atoms in total. The minimum atomic E-state index is 0.0529. The molecule has 1 aliphatic rings. The molecule has 29 heavy (non-hydrogen) atoms. The Kier molecular flexibility index (Phi) is 7.76. The summed E-state index contributed by atoms with van der Waals surface area (Å²) in [5.41, 5.74) is 3.43. The van der Waals surface area contributed by atoms with Gasteiger partial charge in [0.05, 0.1) is 5.56 Å². The molecule has 0 radical (unpaired) electrons. The second-order valence-electron chi connectivity index (χ2n) is 8.05. The van der Waals surface area contributed by atoms with Gasteiger partial charge in [0.15, 0.2) is 0 Å². The number of carbonyl (C=O) groups is 1. The third kappa shape index (κ3) is 5.86. The second-order valence-corrected chi connectivity index (χ2v) is 8.05. The lowest BCUT2D eigenvalue weighted by Crippen LogP contribution is -2.41. The van der Waals surface area contributed by atoms with Crippen molar-refractivity contribution in [2.45, 2.75) is 46.5 Å². The monoisotopic (exact) mass is 394 g/mol. The van der Waals surface area contributed by atoms with Gasteiger partial charge in [-0.15, -0.1) is 0 Å². The number of benzene rings is 1. The first-order valence-electron chi connectivity index (χ1n) is 11.0. The number of nitrogens with zero attached hydrogens (tertiary/aromatic N) is 4. The van der Waals surface area contributed by atoms with Crippen molar-refractivity contribution < 1.29 is 4.79 Å². The lowest BCUT2D eigenvalue weighted by molar-refractivity contribution is 0.0700. The average Bonchev–Trinajstić information content (AvgIpc) is 2.77. The molecule has 0 bridgehead atoms. The van der Waals surface area contributed by atoms with Crippen LogP contribution in [0, 0.1) is 12.8 Å². The van der Waals surface area contributed by atoms with Gasteiger partial charge in [0.25, 0.3) is 5.91 Å². The van der Waals surface area contributed by atoms with E-state index in [4.69, 9.17) is 0 Å². The number of hydrogen-bond donors (Lipinski definition) is 0. The van der Waals surface area contributed by atoms with E-state index in [1.54, 1.807) is 12.4 Å². The zero-order valence-electron chi connectivity index (χ0n) is 18.1. The first-order chi connectivity index (χ1) is 14.1. The Hall–Kier alpha value is -2.27. The average molecular weight is 395 g/mol. The molecule has 1 aromatic carbocycles. The topological polar surface area (TPSA) is 49.3 Å². The zero-order chi connectivity index (χ0) is 20.6. The summed E-state index contributed by atoms with van der Waals surface area (Å²) >= 11 is 0. The molecule has 1 aromatic heterocycles. The van der Waals surface area contributed by atoms with E-state index in [0.717, 1.165) is 64.2 Å². The SMILES string of the molecule is CCc1ncc(C(=O)N(CC)CC2CCN(CCc3ccccc3C)CC2)cn1. The molecule has 2 aromatic rings. The lowest BCUT2D eigenvalue weighted by Gasteiger charge is -2.34. The number of rotatable bonds is 8. The number of piperidine rings is 1. The highest BCUT2D eigenvalue weighted by Gasteiger charge is 2.24. The van der Waals surface area contributed by atoms with Gasteiger partial charge in [-0.2, -0.15) is 0 Å². The summed E-state index contributed by atoms with van der Waals surface area (Å²) in [7, 11) is 0. The second kappa shape index (κ2) is 10.5. The van der Waals surface area contributed by atoms with Crippen LogP contribution >= 0.6 is 0 Å². The highest BCUT2D eigenvalue weighted by atomic mass is 16.2. The molecule has 1 saturated heterocycles. The zero-order valence-corrected chi connectivity index (χ0v) is 18.1. The fourth-order valence-corrected chi connectivity index (χ4v) is 4.06. The van der Waals surface area contributed by atoms with Crippen LogP contribution in [0.4, 0.5) is 0 Å². The molecule has 0 unspecified atom stereocenters. The Labute approximate surface area is 175 Å². The van der Waals surface area contributed by atoms with E-state index >= 15 is 0 Å². The fourth-order valence-electron chi connectivity index (χ4n) is 4.06. The molecule has 3 rings (SSSR count). The molecule has 0 N–H and O–H groups in total. The molecule has 1 amide bonds. The van der Waals surface area contributed by atoms with E-state index in [9.17, 15) is 4.79 Å². The van der Waals surface area contributed by atoms with Crippen LogP contribution in [0.3, 0.4) is 0 Å². The van der Waals surface area contributed by atoms with Gasteiger partial charge in [0.1, 0.15) is 5.82 Å². The molecule has 156 valence electrons. The maximum atomic E-state index is 12.8. The van der Waals surface area contributed by atoms with Gasteiger partial charge in [-0.05, 0) is 63.2 Å². The van der Waals surface area contributed by atoms with Gasteiger partial charge in [-0.25, -0.2) is 9.97 Å². The highest BCUT2D eigenvalue weighted by molar-refractivity contribution is 5.93. The molecule has 0 atom stereocenters. The van der Waals surface area contributed by atoms with Crippen molar-refractivity contribution >= 4 is 5.91 Å². The molecule has 0 saturated carbocycles. The first-order valence-corrected chi connectivity index (χ1v) is 11.0. The normalized spacial score (nSPS) is 15.4. The summed E-state index contributed by atoms with van der Waals surface area (Å²) < 4.78 is 0. The maximum absolute atomic E-state index is 12.8. The third-order valence-electron chi connectivity index (χ3n) is 6.08. The molecule has 5 heteroatoms. The Balaban J connectivity index is 1.47. The minimum Gasteiger partial charge on any atom is -0.339 e. The summed E-state index contributed by atoms with van der Waals surface area (Å²) in [6.07, 6.45) is 7.56. The van der Waals surface area contributed by atoms with Crippen LogP contribution in [-0.2, 0) is 12.8 Å². The van der Waals surface area contributed by atoms with E-state index in [0.29, 0.717) is 11.5 Å². The quantitative estimate of drug-likeness (QED) is 0.684. The van der Waals surface area contributed by atoms with Crippen LogP contribution in [0.5, 0.6) is 0 Å². The number of likely N-dealkylation sites (tertiary alicyclic amines) is 1. The van der Waals surface area contributed by atoms with E-state index < -0.39 is 0 Å². The van der Waals surface area contributed by atoms with Gasteiger partial charge in [0.2, 0.25) is 0 Å². The summed E-state index contributed by atoms with van der Waals surface area (Å²) in [4.78, 5) is 25.9. The van der Waals surface area contributed by atoms with Crippen LogP contribution in [0.15, 0.2) is 36.7 Å². The molecule has 1 fully saturated rings. The first kappa shape index (κ1) is 21.4. The van der Waals surface area contributed by atoms with E-state index in [1.165, 1.54) is 11.1 Å². The Morgan fingerprint density at radius 2 is 1.83 bits per heavy atom. The van der Waals surface area contributed by atoms with Crippen molar-refractivity contribution in [1.29, 1.82) is 0 Å². The van der Waals surface area contributed by atoms with Crippen LogP contribution < -0.4 is 0 Å². The molecule has 2 heterocycles. The number of carbonyl (C=O) groups excluding carboxylic acids is 1. The Bertz CT molecular complexity index is 782.